The molecule has 0 aromatic heterocycles. The predicted molar refractivity (Wildman–Crippen MR) is 54.9 cm³/mol. The van der Waals surface area contributed by atoms with E-state index in [-0.39, 0.29) is 0 Å². The van der Waals surface area contributed by atoms with E-state index in [2.05, 4.69) is 22.2 Å². The van der Waals surface area contributed by atoms with E-state index in [1.165, 1.54) is 52.2 Å². The maximum absolute atomic E-state index is 3.33. The monoisotopic (exact) mass is 183 g/mol. The third kappa shape index (κ3) is 2.66. The van der Waals surface area contributed by atoms with Crippen LogP contribution in [-0.2, 0) is 0 Å². The summed E-state index contributed by atoms with van der Waals surface area (Å²) >= 11 is 0. The number of likely N-dealkylation sites (N-methyl/N-ethyl adjacent to an activating group) is 1. The number of hydrogen-bond acceptors (Lipinski definition) is 3. The Morgan fingerprint density at radius 1 is 1.15 bits per heavy atom. The van der Waals surface area contributed by atoms with Crippen LogP contribution in [-0.4, -0.2) is 62.7 Å². The van der Waals surface area contributed by atoms with Crippen LogP contribution in [0, 0.1) is 5.92 Å². The summed E-state index contributed by atoms with van der Waals surface area (Å²) in [4.78, 5) is 5.03. The fourth-order valence-electron chi connectivity index (χ4n) is 1.99. The molecule has 3 heteroatoms. The van der Waals surface area contributed by atoms with Crippen molar-refractivity contribution >= 4 is 0 Å². The molecule has 2 heterocycles. The van der Waals surface area contributed by atoms with Crippen LogP contribution < -0.4 is 5.32 Å². The molecule has 0 amide bonds. The van der Waals surface area contributed by atoms with E-state index in [0.717, 1.165) is 5.92 Å². The summed E-state index contributed by atoms with van der Waals surface area (Å²) in [5.74, 6) is 0.972. The maximum atomic E-state index is 3.33. The molecule has 2 aliphatic heterocycles. The highest BCUT2D eigenvalue weighted by Gasteiger charge is 2.19. The maximum Gasteiger partial charge on any atom is 0.0110 e. The minimum atomic E-state index is 0.972. The van der Waals surface area contributed by atoms with Crippen molar-refractivity contribution in [1.82, 2.24) is 15.1 Å². The SMILES string of the molecule is CN1CCN(CCC2CNC2)CC1. The van der Waals surface area contributed by atoms with E-state index in [1.54, 1.807) is 0 Å². The van der Waals surface area contributed by atoms with E-state index < -0.39 is 0 Å². The van der Waals surface area contributed by atoms with Crippen LogP contribution in [0.5, 0.6) is 0 Å². The molecule has 2 aliphatic rings. The Hall–Kier alpha value is -0.120. The number of nitrogens with one attached hydrogen (secondary N) is 1. The highest BCUT2D eigenvalue weighted by molar-refractivity contribution is 4.77. The van der Waals surface area contributed by atoms with Gasteiger partial charge in [-0.15, -0.1) is 0 Å². The van der Waals surface area contributed by atoms with E-state index in [1.807, 2.05) is 0 Å². The van der Waals surface area contributed by atoms with Gasteiger partial charge in [0.15, 0.2) is 0 Å². The Kier molecular flexibility index (Phi) is 3.19. The molecule has 0 aliphatic carbocycles. The third-order valence-electron chi connectivity index (χ3n) is 3.32. The second-order valence-corrected chi connectivity index (χ2v) is 4.46. The minimum Gasteiger partial charge on any atom is -0.316 e. The number of nitrogens with zero attached hydrogens (tertiary/aromatic N) is 2. The second kappa shape index (κ2) is 4.40. The van der Waals surface area contributed by atoms with Crippen molar-refractivity contribution in [2.24, 2.45) is 5.92 Å². The first-order chi connectivity index (χ1) is 6.34. The smallest absolute Gasteiger partial charge is 0.0110 e. The molecule has 2 rings (SSSR count). The van der Waals surface area contributed by atoms with Gasteiger partial charge in [0.05, 0.1) is 0 Å². The van der Waals surface area contributed by atoms with Crippen LogP contribution >= 0.6 is 0 Å². The Balaban J connectivity index is 1.59. The van der Waals surface area contributed by atoms with Crippen molar-refractivity contribution in [3.8, 4) is 0 Å². The van der Waals surface area contributed by atoms with Gasteiger partial charge in [-0.25, -0.2) is 0 Å². The van der Waals surface area contributed by atoms with E-state index >= 15 is 0 Å². The Bertz CT molecular complexity index is 148. The summed E-state index contributed by atoms with van der Waals surface area (Å²) < 4.78 is 0. The van der Waals surface area contributed by atoms with Crippen molar-refractivity contribution < 1.29 is 0 Å². The molecule has 1 N–H and O–H groups in total. The van der Waals surface area contributed by atoms with Crippen molar-refractivity contribution in [3.63, 3.8) is 0 Å². The average molecular weight is 183 g/mol. The van der Waals surface area contributed by atoms with Crippen LogP contribution in [0.25, 0.3) is 0 Å². The normalized spacial score (nSPS) is 27.5. The standard InChI is InChI=1S/C10H21N3/c1-12-4-6-13(7-5-12)3-2-10-8-11-9-10/h10-11H,2-9H2,1H3. The highest BCUT2D eigenvalue weighted by Crippen LogP contribution is 2.10. The summed E-state index contributed by atoms with van der Waals surface area (Å²) in [6.45, 7) is 8.89. The first-order valence-corrected chi connectivity index (χ1v) is 5.46. The molecular weight excluding hydrogens is 162 g/mol. The second-order valence-electron chi connectivity index (χ2n) is 4.46. The molecule has 0 spiro atoms. The molecule has 2 saturated heterocycles. The Labute approximate surface area is 81.1 Å². The summed E-state index contributed by atoms with van der Waals surface area (Å²) in [5, 5.41) is 3.33. The zero-order valence-corrected chi connectivity index (χ0v) is 8.63. The molecule has 13 heavy (non-hydrogen) atoms. The van der Waals surface area contributed by atoms with Crippen molar-refractivity contribution in [2.45, 2.75) is 6.42 Å². The van der Waals surface area contributed by atoms with Gasteiger partial charge in [0.1, 0.15) is 0 Å². The quantitative estimate of drug-likeness (QED) is 0.656. The molecule has 0 aromatic rings. The zero-order valence-electron chi connectivity index (χ0n) is 8.63. The molecule has 0 unspecified atom stereocenters. The zero-order chi connectivity index (χ0) is 9.10. The molecule has 0 aromatic carbocycles. The number of hydrogen-bond donors (Lipinski definition) is 1. The van der Waals surface area contributed by atoms with Gasteiger partial charge < -0.3 is 15.1 Å². The molecule has 76 valence electrons. The third-order valence-corrected chi connectivity index (χ3v) is 3.32. The molecule has 0 radical (unpaired) electrons. The molecule has 0 saturated carbocycles. The number of piperazine rings is 1. The van der Waals surface area contributed by atoms with Gasteiger partial charge in [0.25, 0.3) is 0 Å². The van der Waals surface area contributed by atoms with Gasteiger partial charge in [-0.3, -0.25) is 0 Å². The van der Waals surface area contributed by atoms with Crippen LogP contribution in [0.2, 0.25) is 0 Å². The first-order valence-electron chi connectivity index (χ1n) is 5.46. The molecule has 3 nitrogen and oxygen atoms in total. The van der Waals surface area contributed by atoms with Crippen molar-refractivity contribution in [2.75, 3.05) is 52.9 Å². The van der Waals surface area contributed by atoms with Crippen molar-refractivity contribution in [3.05, 3.63) is 0 Å². The Morgan fingerprint density at radius 3 is 2.38 bits per heavy atom. The van der Waals surface area contributed by atoms with Crippen molar-refractivity contribution in [1.29, 1.82) is 0 Å². The highest BCUT2D eigenvalue weighted by atomic mass is 15.2. The van der Waals surface area contributed by atoms with Gasteiger partial charge >= 0.3 is 0 Å². The lowest BCUT2D eigenvalue weighted by atomic mass is 9.99. The predicted octanol–water partition coefficient (Wildman–Crippen LogP) is -0.157. The Morgan fingerprint density at radius 2 is 1.85 bits per heavy atom. The number of rotatable bonds is 3. The van der Waals surface area contributed by atoms with Gasteiger partial charge in [-0.2, -0.15) is 0 Å². The molecular formula is C10H21N3. The lowest BCUT2D eigenvalue weighted by Crippen LogP contribution is -2.47. The molecule has 0 atom stereocenters. The van der Waals surface area contributed by atoms with Gasteiger partial charge in [0, 0.05) is 26.2 Å². The van der Waals surface area contributed by atoms with Gasteiger partial charge in [0.2, 0.25) is 0 Å². The van der Waals surface area contributed by atoms with Gasteiger partial charge in [-0.1, -0.05) is 0 Å². The topological polar surface area (TPSA) is 18.5 Å². The summed E-state index contributed by atoms with van der Waals surface area (Å²) in [7, 11) is 2.22. The fraction of sp³-hybridized carbons (Fsp3) is 1.00. The van der Waals surface area contributed by atoms with Crippen LogP contribution in [0.15, 0.2) is 0 Å². The van der Waals surface area contributed by atoms with Crippen LogP contribution in [0.1, 0.15) is 6.42 Å². The first kappa shape index (κ1) is 9.44. The lowest BCUT2D eigenvalue weighted by molar-refractivity contribution is 0.141. The molecule has 2 fully saturated rings. The largest absolute Gasteiger partial charge is 0.316 e. The van der Waals surface area contributed by atoms with E-state index in [9.17, 15) is 0 Å². The van der Waals surface area contributed by atoms with E-state index in [0.29, 0.717) is 0 Å². The molecule has 0 bridgehead atoms. The summed E-state index contributed by atoms with van der Waals surface area (Å²) in [6, 6.07) is 0. The summed E-state index contributed by atoms with van der Waals surface area (Å²) in [6.07, 6.45) is 1.40. The van der Waals surface area contributed by atoms with Crippen LogP contribution in [0.4, 0.5) is 0 Å². The van der Waals surface area contributed by atoms with Crippen LogP contribution in [0.3, 0.4) is 0 Å². The fourth-order valence-corrected chi connectivity index (χ4v) is 1.99. The lowest BCUT2D eigenvalue weighted by Gasteiger charge is -2.35. The minimum absolute atomic E-state index is 0.972. The average Bonchev–Trinajstić information content (AvgIpc) is 2.05. The van der Waals surface area contributed by atoms with Gasteiger partial charge in [-0.05, 0) is 39.0 Å². The summed E-state index contributed by atoms with van der Waals surface area (Å²) in [5.41, 5.74) is 0. The van der Waals surface area contributed by atoms with E-state index in [4.69, 9.17) is 0 Å².